The van der Waals surface area contributed by atoms with E-state index in [1.54, 1.807) is 4.90 Å². The molecular formula is C28H32ClN3O5S. The molecule has 38 heavy (non-hydrogen) atoms. The number of nitrogens with zero attached hydrogens (tertiary/aromatic N) is 2. The number of amides is 1. The second kappa shape index (κ2) is 12.1. The van der Waals surface area contributed by atoms with Crippen molar-refractivity contribution in [3.8, 4) is 11.5 Å². The third-order valence-electron chi connectivity index (χ3n) is 6.65. The molecule has 1 amide bonds. The van der Waals surface area contributed by atoms with Gasteiger partial charge >= 0.3 is 0 Å². The summed E-state index contributed by atoms with van der Waals surface area (Å²) in [5, 5.41) is 0.664. The summed E-state index contributed by atoms with van der Waals surface area (Å²) in [6, 6.07) is 18.5. The molecular weight excluding hydrogens is 526 g/mol. The Balaban J connectivity index is 1.54. The summed E-state index contributed by atoms with van der Waals surface area (Å²) >= 11 is 6.21. The normalized spacial score (nSPS) is 14.7. The summed E-state index contributed by atoms with van der Waals surface area (Å²) < 4.78 is 39.9. The molecule has 0 aliphatic carbocycles. The van der Waals surface area contributed by atoms with Gasteiger partial charge in [-0.3, -0.25) is 4.79 Å². The van der Waals surface area contributed by atoms with Gasteiger partial charge in [0.2, 0.25) is 15.9 Å². The van der Waals surface area contributed by atoms with Crippen molar-refractivity contribution in [2.75, 3.05) is 45.3 Å². The molecule has 1 aliphatic rings. The first-order valence-electron chi connectivity index (χ1n) is 12.3. The molecule has 1 fully saturated rings. The Kier molecular flexibility index (Phi) is 8.81. The highest BCUT2D eigenvalue weighted by Crippen LogP contribution is 2.30. The third-order valence-corrected chi connectivity index (χ3v) is 8.35. The molecule has 3 aromatic rings. The number of benzene rings is 3. The van der Waals surface area contributed by atoms with E-state index in [0.717, 1.165) is 16.8 Å². The first kappa shape index (κ1) is 27.8. The lowest BCUT2D eigenvalue weighted by molar-refractivity contribution is -0.133. The first-order chi connectivity index (χ1) is 18.2. The Morgan fingerprint density at radius 3 is 2.29 bits per heavy atom. The van der Waals surface area contributed by atoms with Crippen LogP contribution in [0.1, 0.15) is 11.1 Å². The maximum absolute atomic E-state index is 13.7. The first-order valence-corrected chi connectivity index (χ1v) is 14.2. The van der Waals surface area contributed by atoms with Crippen LogP contribution in [-0.2, 0) is 21.2 Å². The zero-order valence-electron chi connectivity index (χ0n) is 21.7. The Morgan fingerprint density at radius 1 is 0.947 bits per heavy atom. The minimum Gasteiger partial charge on any atom is -0.493 e. The van der Waals surface area contributed by atoms with Crippen molar-refractivity contribution in [3.63, 3.8) is 0 Å². The van der Waals surface area contributed by atoms with Gasteiger partial charge in [-0.15, -0.1) is 0 Å². The van der Waals surface area contributed by atoms with Gasteiger partial charge in [-0.05, 0) is 48.7 Å². The molecule has 1 atom stereocenters. The smallest absolute Gasteiger partial charge is 0.241 e. The van der Waals surface area contributed by atoms with Gasteiger partial charge in [0, 0.05) is 43.0 Å². The number of piperazine rings is 1. The van der Waals surface area contributed by atoms with Gasteiger partial charge in [-0.1, -0.05) is 48.0 Å². The van der Waals surface area contributed by atoms with Crippen LogP contribution >= 0.6 is 11.6 Å². The maximum atomic E-state index is 13.7. The molecule has 0 aromatic heterocycles. The lowest BCUT2D eigenvalue weighted by Crippen LogP contribution is -2.55. The molecule has 0 unspecified atom stereocenters. The SMILES string of the molecule is COc1ccc(S(=O)(=O)N[C@@H](Cc2ccccc2)C(=O)N2CCN(c3cc(Cl)ccc3C)CC2)cc1OC. The van der Waals surface area contributed by atoms with Gasteiger partial charge in [0.25, 0.3) is 0 Å². The monoisotopic (exact) mass is 557 g/mol. The van der Waals surface area contributed by atoms with Crippen molar-refractivity contribution in [3.05, 3.63) is 82.9 Å². The Labute approximate surface area is 229 Å². The second-order valence-corrected chi connectivity index (χ2v) is 11.3. The minimum atomic E-state index is -4.04. The Morgan fingerprint density at radius 2 is 1.63 bits per heavy atom. The molecule has 3 aromatic carbocycles. The maximum Gasteiger partial charge on any atom is 0.241 e. The average Bonchev–Trinajstić information content (AvgIpc) is 2.93. The van der Waals surface area contributed by atoms with Crippen molar-refractivity contribution >= 4 is 33.2 Å². The van der Waals surface area contributed by atoms with Crippen LogP contribution in [0.2, 0.25) is 5.02 Å². The van der Waals surface area contributed by atoms with Crippen LogP contribution < -0.4 is 19.1 Å². The fourth-order valence-electron chi connectivity index (χ4n) is 4.58. The van der Waals surface area contributed by atoms with Gasteiger partial charge in [-0.2, -0.15) is 4.72 Å². The van der Waals surface area contributed by atoms with Gasteiger partial charge in [0.05, 0.1) is 19.1 Å². The molecule has 0 bridgehead atoms. The van der Waals surface area contributed by atoms with Gasteiger partial charge in [-0.25, -0.2) is 8.42 Å². The van der Waals surface area contributed by atoms with E-state index in [4.69, 9.17) is 21.1 Å². The molecule has 0 saturated carbocycles. The highest BCUT2D eigenvalue weighted by atomic mass is 35.5. The molecule has 1 heterocycles. The molecule has 10 heteroatoms. The molecule has 1 saturated heterocycles. The fourth-order valence-corrected chi connectivity index (χ4v) is 5.95. The van der Waals surface area contributed by atoms with E-state index >= 15 is 0 Å². The molecule has 1 aliphatic heterocycles. The van der Waals surface area contributed by atoms with Crippen LogP contribution in [0, 0.1) is 6.92 Å². The summed E-state index contributed by atoms with van der Waals surface area (Å²) in [6.07, 6.45) is 0.222. The topological polar surface area (TPSA) is 88.2 Å². The van der Waals surface area contributed by atoms with Crippen molar-refractivity contribution in [1.82, 2.24) is 9.62 Å². The average molecular weight is 558 g/mol. The van der Waals surface area contributed by atoms with E-state index in [1.807, 2.05) is 55.5 Å². The summed E-state index contributed by atoms with van der Waals surface area (Å²) in [7, 11) is -1.13. The highest BCUT2D eigenvalue weighted by molar-refractivity contribution is 7.89. The second-order valence-electron chi connectivity index (χ2n) is 9.12. The van der Waals surface area contributed by atoms with Crippen molar-refractivity contribution in [1.29, 1.82) is 0 Å². The summed E-state index contributed by atoms with van der Waals surface area (Å²) in [6.45, 7) is 4.20. The van der Waals surface area contributed by atoms with Crippen molar-refractivity contribution < 1.29 is 22.7 Å². The lowest BCUT2D eigenvalue weighted by atomic mass is 10.1. The standard InChI is InChI=1S/C28H32ClN3O5S/c1-20-9-10-22(29)18-25(20)31-13-15-32(16-14-31)28(33)24(17-21-7-5-4-6-8-21)30-38(34,35)23-11-12-26(36-2)27(19-23)37-3/h4-12,18-19,24,30H,13-17H2,1-3H3/t24-/m0/s1. The van der Waals surface area contributed by atoms with Crippen molar-refractivity contribution in [2.24, 2.45) is 0 Å². The molecule has 0 radical (unpaired) electrons. The number of nitrogens with one attached hydrogen (secondary N) is 1. The van der Waals surface area contributed by atoms with Gasteiger partial charge in [0.1, 0.15) is 6.04 Å². The van der Waals surface area contributed by atoms with Crippen LogP contribution in [0.5, 0.6) is 11.5 Å². The number of methoxy groups -OCH3 is 2. The van der Waals surface area contributed by atoms with Crippen LogP contribution in [0.25, 0.3) is 0 Å². The van der Waals surface area contributed by atoms with E-state index in [1.165, 1.54) is 32.4 Å². The number of rotatable bonds is 9. The number of aryl methyl sites for hydroxylation is 1. The van der Waals surface area contributed by atoms with Gasteiger partial charge < -0.3 is 19.3 Å². The third kappa shape index (κ3) is 6.40. The number of sulfonamides is 1. The van der Waals surface area contributed by atoms with Crippen LogP contribution in [0.3, 0.4) is 0 Å². The minimum absolute atomic E-state index is 0.0118. The number of ether oxygens (including phenoxy) is 2. The number of hydrogen-bond acceptors (Lipinski definition) is 6. The molecule has 4 rings (SSSR count). The van der Waals surface area contributed by atoms with E-state index in [-0.39, 0.29) is 23.0 Å². The number of anilines is 1. The summed E-state index contributed by atoms with van der Waals surface area (Å²) in [4.78, 5) is 17.6. The fraction of sp³-hybridized carbons (Fsp3) is 0.321. The van der Waals surface area contributed by atoms with Crippen LogP contribution in [0.15, 0.2) is 71.6 Å². The molecule has 202 valence electrons. The summed E-state index contributed by atoms with van der Waals surface area (Å²) in [5.74, 6) is 0.435. The van der Waals surface area contributed by atoms with E-state index in [2.05, 4.69) is 9.62 Å². The zero-order valence-corrected chi connectivity index (χ0v) is 23.3. The molecule has 0 spiro atoms. The van der Waals surface area contributed by atoms with E-state index in [9.17, 15) is 13.2 Å². The van der Waals surface area contributed by atoms with Crippen LogP contribution in [0.4, 0.5) is 5.69 Å². The number of carbonyl (C=O) groups is 1. The predicted molar refractivity (Wildman–Crippen MR) is 149 cm³/mol. The van der Waals surface area contributed by atoms with E-state index in [0.29, 0.717) is 37.0 Å². The number of halogens is 1. The molecule has 8 nitrogen and oxygen atoms in total. The predicted octanol–water partition coefficient (Wildman–Crippen LogP) is 3.90. The largest absolute Gasteiger partial charge is 0.493 e. The zero-order chi connectivity index (χ0) is 27.3. The lowest BCUT2D eigenvalue weighted by Gasteiger charge is -2.38. The van der Waals surface area contributed by atoms with Crippen molar-refractivity contribution in [2.45, 2.75) is 24.3 Å². The highest BCUT2D eigenvalue weighted by Gasteiger charge is 2.32. The van der Waals surface area contributed by atoms with E-state index < -0.39 is 16.1 Å². The molecule has 1 N–H and O–H groups in total. The number of carbonyl (C=O) groups excluding carboxylic acids is 1. The Hall–Kier alpha value is -3.27. The number of hydrogen-bond donors (Lipinski definition) is 1. The van der Waals surface area contributed by atoms with Gasteiger partial charge in [0.15, 0.2) is 11.5 Å². The summed E-state index contributed by atoms with van der Waals surface area (Å²) in [5.41, 5.74) is 3.01. The van der Waals surface area contributed by atoms with Crippen LogP contribution in [-0.4, -0.2) is 65.7 Å². The Bertz CT molecular complexity index is 1380. The quantitative estimate of drug-likeness (QED) is 0.429.